The van der Waals surface area contributed by atoms with Gasteiger partial charge in [0.1, 0.15) is 5.82 Å². The Balaban J connectivity index is 1.66. The fourth-order valence-corrected chi connectivity index (χ4v) is 3.81. The van der Waals surface area contributed by atoms with E-state index in [2.05, 4.69) is 10.3 Å². The van der Waals surface area contributed by atoms with E-state index in [-0.39, 0.29) is 17.4 Å². The van der Waals surface area contributed by atoms with Crippen LogP contribution in [0.1, 0.15) is 6.92 Å². The third kappa shape index (κ3) is 4.89. The largest absolute Gasteiger partial charge is 0.301 e. The molecule has 1 aromatic heterocycles. The van der Waals surface area contributed by atoms with Crippen molar-refractivity contribution in [3.63, 3.8) is 0 Å². The first-order valence-electron chi connectivity index (χ1n) is 7.86. The number of thiazole rings is 1. The second-order valence-corrected chi connectivity index (χ2v) is 7.82. The molecular formula is C18H14FN3O3S2. The summed E-state index contributed by atoms with van der Waals surface area (Å²) in [6.07, 6.45) is 0. The lowest BCUT2D eigenvalue weighted by Gasteiger charge is -2.10. The Morgan fingerprint density at radius 3 is 2.74 bits per heavy atom. The molecule has 0 unspecified atom stereocenters. The number of carbonyl (C=O) groups excluding carboxylic acids is 1. The summed E-state index contributed by atoms with van der Waals surface area (Å²) in [5.41, 5.74) is 1.14. The summed E-state index contributed by atoms with van der Waals surface area (Å²) in [5, 5.41) is 15.4. The molecule has 1 heterocycles. The average molecular weight is 403 g/mol. The van der Waals surface area contributed by atoms with Gasteiger partial charge >= 0.3 is 0 Å². The van der Waals surface area contributed by atoms with E-state index in [0.29, 0.717) is 16.4 Å². The molecule has 0 fully saturated rings. The zero-order valence-corrected chi connectivity index (χ0v) is 15.7. The molecule has 2 aromatic carbocycles. The molecule has 1 amide bonds. The third-order valence-corrected chi connectivity index (χ3v) is 5.45. The molecule has 0 radical (unpaired) electrons. The molecule has 9 heteroatoms. The highest BCUT2D eigenvalue weighted by Gasteiger charge is 2.17. The highest BCUT2D eigenvalue weighted by Crippen LogP contribution is 2.29. The number of nitro groups is 1. The van der Waals surface area contributed by atoms with Crippen LogP contribution in [0.15, 0.2) is 58.8 Å². The van der Waals surface area contributed by atoms with E-state index in [9.17, 15) is 19.3 Å². The summed E-state index contributed by atoms with van der Waals surface area (Å²) < 4.78 is 12.9. The third-order valence-electron chi connectivity index (χ3n) is 3.58. The molecule has 138 valence electrons. The summed E-state index contributed by atoms with van der Waals surface area (Å²) >= 11 is 2.55. The van der Waals surface area contributed by atoms with Crippen LogP contribution in [0.2, 0.25) is 0 Å². The van der Waals surface area contributed by atoms with Gasteiger partial charge in [0.05, 0.1) is 15.9 Å². The molecule has 0 aliphatic rings. The van der Waals surface area contributed by atoms with Gasteiger partial charge in [-0.1, -0.05) is 12.1 Å². The number of hydrogen-bond donors (Lipinski definition) is 1. The van der Waals surface area contributed by atoms with Gasteiger partial charge < -0.3 is 5.32 Å². The van der Waals surface area contributed by atoms with Crippen molar-refractivity contribution in [2.24, 2.45) is 0 Å². The number of anilines is 1. The molecule has 27 heavy (non-hydrogen) atoms. The lowest BCUT2D eigenvalue weighted by Crippen LogP contribution is -2.22. The Morgan fingerprint density at radius 2 is 2.04 bits per heavy atom. The number of nitrogens with zero attached hydrogens (tertiary/aromatic N) is 2. The molecule has 0 saturated heterocycles. The predicted molar refractivity (Wildman–Crippen MR) is 105 cm³/mol. The first-order valence-corrected chi connectivity index (χ1v) is 9.62. The summed E-state index contributed by atoms with van der Waals surface area (Å²) in [6, 6.07) is 12.1. The van der Waals surface area contributed by atoms with Gasteiger partial charge in [-0.25, -0.2) is 9.37 Å². The van der Waals surface area contributed by atoms with Crippen LogP contribution in [-0.4, -0.2) is 21.1 Å². The zero-order valence-electron chi connectivity index (χ0n) is 14.1. The number of benzene rings is 2. The zero-order chi connectivity index (χ0) is 19.4. The summed E-state index contributed by atoms with van der Waals surface area (Å²) in [5.74, 6) is -0.558. The van der Waals surface area contributed by atoms with Crippen LogP contribution >= 0.6 is 23.1 Å². The Labute approximate surface area is 162 Å². The summed E-state index contributed by atoms with van der Waals surface area (Å²) in [7, 11) is 0. The van der Waals surface area contributed by atoms with Gasteiger partial charge in [0.15, 0.2) is 5.13 Å². The number of aromatic nitrogens is 1. The lowest BCUT2D eigenvalue weighted by atomic mass is 10.1. The van der Waals surface area contributed by atoms with Crippen molar-refractivity contribution in [3.8, 4) is 11.3 Å². The number of thioether (sulfide) groups is 1. The van der Waals surface area contributed by atoms with Gasteiger partial charge in [0.2, 0.25) is 5.91 Å². The van der Waals surface area contributed by atoms with E-state index in [0.717, 1.165) is 4.90 Å². The van der Waals surface area contributed by atoms with Crippen molar-refractivity contribution in [2.75, 3.05) is 5.32 Å². The molecule has 0 spiro atoms. The Hall–Kier alpha value is -2.78. The minimum Gasteiger partial charge on any atom is -0.301 e. The molecule has 0 saturated carbocycles. The van der Waals surface area contributed by atoms with Crippen molar-refractivity contribution in [3.05, 3.63) is 69.8 Å². The molecule has 0 bridgehead atoms. The van der Waals surface area contributed by atoms with Crippen LogP contribution in [0.4, 0.5) is 15.2 Å². The molecular weight excluding hydrogens is 389 g/mol. The van der Waals surface area contributed by atoms with Crippen LogP contribution < -0.4 is 5.32 Å². The van der Waals surface area contributed by atoms with Crippen molar-refractivity contribution in [1.82, 2.24) is 4.98 Å². The van der Waals surface area contributed by atoms with Crippen molar-refractivity contribution in [2.45, 2.75) is 17.1 Å². The van der Waals surface area contributed by atoms with E-state index < -0.39 is 10.2 Å². The molecule has 3 rings (SSSR count). The van der Waals surface area contributed by atoms with Gasteiger partial charge in [-0.3, -0.25) is 14.9 Å². The first-order chi connectivity index (χ1) is 12.9. The topological polar surface area (TPSA) is 85.1 Å². The number of carbonyl (C=O) groups is 1. The second-order valence-electron chi connectivity index (χ2n) is 5.55. The Kier molecular flexibility index (Phi) is 5.82. The Bertz CT molecular complexity index is 976. The molecule has 1 N–H and O–H groups in total. The quantitative estimate of drug-likeness (QED) is 0.357. The molecule has 6 nitrogen and oxygen atoms in total. The smallest absolute Gasteiger partial charge is 0.270 e. The average Bonchev–Trinajstić information content (AvgIpc) is 3.12. The van der Waals surface area contributed by atoms with E-state index >= 15 is 0 Å². The van der Waals surface area contributed by atoms with Gasteiger partial charge in [-0.15, -0.1) is 23.1 Å². The van der Waals surface area contributed by atoms with Gasteiger partial charge in [-0.2, -0.15) is 0 Å². The highest BCUT2D eigenvalue weighted by atomic mass is 32.2. The van der Waals surface area contributed by atoms with Crippen molar-refractivity contribution in [1.29, 1.82) is 0 Å². The number of rotatable bonds is 6. The fourth-order valence-electron chi connectivity index (χ4n) is 2.22. The van der Waals surface area contributed by atoms with E-state index in [1.807, 2.05) is 0 Å². The molecule has 3 aromatic rings. The maximum Gasteiger partial charge on any atom is 0.270 e. The van der Waals surface area contributed by atoms with E-state index in [4.69, 9.17) is 0 Å². The number of halogens is 1. The monoisotopic (exact) mass is 403 g/mol. The second kappa shape index (κ2) is 8.28. The van der Waals surface area contributed by atoms with Crippen LogP contribution in [0.25, 0.3) is 11.3 Å². The SMILES string of the molecule is C[C@@H](Sc1ccc(F)cc1)C(=O)Nc1nc(-c2cccc([N+](=O)[O-])c2)cs1. The van der Waals surface area contributed by atoms with Crippen molar-refractivity contribution >= 4 is 39.8 Å². The minimum atomic E-state index is -0.465. The van der Waals surface area contributed by atoms with E-state index in [1.54, 1.807) is 36.6 Å². The lowest BCUT2D eigenvalue weighted by molar-refractivity contribution is -0.384. The number of hydrogen-bond acceptors (Lipinski definition) is 6. The van der Waals surface area contributed by atoms with Crippen LogP contribution in [0.3, 0.4) is 0 Å². The predicted octanol–water partition coefficient (Wildman–Crippen LogP) is 4.98. The Morgan fingerprint density at radius 1 is 1.30 bits per heavy atom. The number of non-ortho nitro benzene ring substituents is 1. The summed E-state index contributed by atoms with van der Waals surface area (Å²) in [6.45, 7) is 1.75. The maximum absolute atomic E-state index is 12.9. The van der Waals surface area contributed by atoms with Crippen LogP contribution in [-0.2, 0) is 4.79 Å². The number of amides is 1. The normalized spacial score (nSPS) is 11.8. The number of nitrogens with one attached hydrogen (secondary N) is 1. The van der Waals surface area contributed by atoms with Crippen LogP contribution in [0.5, 0.6) is 0 Å². The molecule has 0 aliphatic carbocycles. The summed E-state index contributed by atoms with van der Waals surface area (Å²) in [4.78, 5) is 27.9. The van der Waals surface area contributed by atoms with Gasteiger partial charge in [-0.05, 0) is 31.2 Å². The van der Waals surface area contributed by atoms with Gasteiger partial charge in [0.25, 0.3) is 5.69 Å². The fraction of sp³-hybridized carbons (Fsp3) is 0.111. The van der Waals surface area contributed by atoms with E-state index in [1.165, 1.54) is 47.4 Å². The van der Waals surface area contributed by atoms with Crippen molar-refractivity contribution < 1.29 is 14.1 Å². The van der Waals surface area contributed by atoms with Crippen LogP contribution in [0, 0.1) is 15.9 Å². The van der Waals surface area contributed by atoms with Gasteiger partial charge in [0, 0.05) is 28.0 Å². The molecule has 1 atom stereocenters. The standard InChI is InChI=1S/C18H14FN3O3S2/c1-11(27-15-7-5-13(19)6-8-15)17(23)21-18-20-16(10-26-18)12-3-2-4-14(9-12)22(24)25/h2-11H,1H3,(H,20,21,23)/t11-/m1/s1. The molecule has 0 aliphatic heterocycles. The number of nitro benzene ring substituents is 1. The first kappa shape index (κ1) is 19.0. The highest BCUT2D eigenvalue weighted by molar-refractivity contribution is 8.00. The minimum absolute atomic E-state index is 0.0181. The maximum atomic E-state index is 12.9.